The van der Waals surface area contributed by atoms with Gasteiger partial charge in [-0.05, 0) is 79.4 Å². The summed E-state index contributed by atoms with van der Waals surface area (Å²) in [6.07, 6.45) is 7.94. The number of halogens is 2. The topological polar surface area (TPSA) is 78.1 Å². The van der Waals surface area contributed by atoms with Crippen LogP contribution in [0.5, 0.6) is 0 Å². The van der Waals surface area contributed by atoms with E-state index in [-0.39, 0.29) is 34.1 Å². The third-order valence-corrected chi connectivity index (χ3v) is 9.40. The van der Waals surface area contributed by atoms with Crippen molar-refractivity contribution in [1.82, 2.24) is 9.13 Å². The van der Waals surface area contributed by atoms with Gasteiger partial charge in [0.1, 0.15) is 0 Å². The highest BCUT2D eigenvalue weighted by Gasteiger charge is 2.25. The summed E-state index contributed by atoms with van der Waals surface area (Å²) in [7, 11) is 0. The summed E-state index contributed by atoms with van der Waals surface area (Å²) in [6.45, 7) is 9.20. The van der Waals surface area contributed by atoms with Gasteiger partial charge in [0.15, 0.2) is 0 Å². The van der Waals surface area contributed by atoms with Crippen molar-refractivity contribution in [1.29, 1.82) is 0 Å². The maximum atomic E-state index is 13.7. The Labute approximate surface area is 239 Å². The summed E-state index contributed by atoms with van der Waals surface area (Å²) in [5, 5.41) is 2.33. The van der Waals surface area contributed by atoms with E-state index in [0.717, 1.165) is 51.4 Å². The van der Waals surface area contributed by atoms with Crippen molar-refractivity contribution in [3.63, 3.8) is 0 Å². The third-order valence-electron chi connectivity index (χ3n) is 8.15. The minimum absolute atomic E-state index is 0.241. The van der Waals surface area contributed by atoms with Crippen LogP contribution < -0.4 is 22.2 Å². The number of unbranched alkanes of at least 4 members (excludes halogenated alkanes) is 2. The Morgan fingerprint density at radius 1 is 0.605 bits per heavy atom. The lowest BCUT2D eigenvalue weighted by Gasteiger charge is -2.13. The predicted octanol–water partition coefficient (Wildman–Crippen LogP) is 7.02. The van der Waals surface area contributed by atoms with E-state index in [1.165, 1.54) is 9.13 Å². The molecule has 38 heavy (non-hydrogen) atoms. The van der Waals surface area contributed by atoms with Gasteiger partial charge in [0.25, 0.3) is 22.2 Å². The molecule has 2 aromatic carbocycles. The first-order valence-corrected chi connectivity index (χ1v) is 15.5. The lowest BCUT2D eigenvalue weighted by Crippen LogP contribution is -2.29. The van der Waals surface area contributed by atoms with Crippen molar-refractivity contribution < 1.29 is 0 Å². The highest BCUT2D eigenvalue weighted by atomic mass is 79.9. The van der Waals surface area contributed by atoms with Gasteiger partial charge in [-0.1, -0.05) is 66.2 Å². The minimum atomic E-state index is -0.336. The third kappa shape index (κ3) is 4.99. The molecule has 0 aliphatic heterocycles. The molecule has 6 nitrogen and oxygen atoms in total. The molecule has 0 aliphatic rings. The van der Waals surface area contributed by atoms with Crippen molar-refractivity contribution in [2.45, 2.75) is 92.2 Å². The average molecular weight is 648 g/mol. The van der Waals surface area contributed by atoms with Gasteiger partial charge in [0.2, 0.25) is 0 Å². The number of rotatable bonds is 12. The summed E-state index contributed by atoms with van der Waals surface area (Å²) in [5.74, 6) is 0.482. The molecule has 2 heterocycles. The molecule has 4 aromatic rings. The molecule has 204 valence electrons. The number of benzene rings is 2. The van der Waals surface area contributed by atoms with E-state index in [2.05, 4.69) is 59.6 Å². The zero-order valence-electron chi connectivity index (χ0n) is 22.7. The fraction of sp³-hybridized carbons (Fsp3) is 0.533. The van der Waals surface area contributed by atoms with Gasteiger partial charge in [0.05, 0.1) is 21.5 Å². The zero-order valence-corrected chi connectivity index (χ0v) is 25.8. The Bertz CT molecular complexity index is 1570. The number of hydrogen-bond donors (Lipinski definition) is 0. The second-order valence-corrected chi connectivity index (χ2v) is 12.3. The van der Waals surface area contributed by atoms with Crippen LogP contribution in [0.4, 0.5) is 0 Å². The predicted molar refractivity (Wildman–Crippen MR) is 164 cm³/mol. The van der Waals surface area contributed by atoms with E-state index in [9.17, 15) is 19.2 Å². The van der Waals surface area contributed by atoms with Crippen LogP contribution >= 0.6 is 31.9 Å². The van der Waals surface area contributed by atoms with Crippen molar-refractivity contribution in [3.05, 3.63) is 62.5 Å². The lowest BCUT2D eigenvalue weighted by molar-refractivity contribution is 0.384. The van der Waals surface area contributed by atoms with E-state index in [4.69, 9.17) is 0 Å². The fourth-order valence-electron chi connectivity index (χ4n) is 5.74. The van der Waals surface area contributed by atoms with Gasteiger partial charge in [0, 0.05) is 22.0 Å². The summed E-state index contributed by atoms with van der Waals surface area (Å²) in [4.78, 5) is 54.3. The smallest absolute Gasteiger partial charge is 0.262 e. The standard InChI is InChI=1S/C30H36Br2N2O4/c1-5-9-11-17(7-3)15-33-27(35)23-19-13-22(32)26-24(20(19)14-21(31)25(23)29(33)37)28(36)34(30(26)38)16-18(8-4)12-10-6-2/h13-14,17-18H,5-12,15-16H2,1-4H3. The molecule has 0 N–H and O–H groups in total. The maximum absolute atomic E-state index is 13.7. The van der Waals surface area contributed by atoms with E-state index in [0.29, 0.717) is 54.4 Å². The van der Waals surface area contributed by atoms with E-state index in [1.807, 2.05) is 0 Å². The Hall–Kier alpha value is -2.06. The second-order valence-electron chi connectivity index (χ2n) is 10.6. The molecule has 2 unspecified atom stereocenters. The molecule has 8 heteroatoms. The molecule has 0 spiro atoms. The van der Waals surface area contributed by atoms with E-state index in [1.54, 1.807) is 12.1 Å². The van der Waals surface area contributed by atoms with Gasteiger partial charge in [-0.15, -0.1) is 0 Å². The van der Waals surface area contributed by atoms with Crippen LogP contribution in [0.3, 0.4) is 0 Å². The monoisotopic (exact) mass is 646 g/mol. The molecule has 2 atom stereocenters. The van der Waals surface area contributed by atoms with Crippen LogP contribution in [0.15, 0.2) is 40.3 Å². The molecule has 0 bridgehead atoms. The van der Waals surface area contributed by atoms with Crippen molar-refractivity contribution in [3.8, 4) is 0 Å². The van der Waals surface area contributed by atoms with Gasteiger partial charge in [-0.25, -0.2) is 0 Å². The largest absolute Gasteiger partial charge is 0.274 e. The minimum Gasteiger partial charge on any atom is -0.274 e. The Morgan fingerprint density at radius 3 is 1.26 bits per heavy atom. The van der Waals surface area contributed by atoms with Crippen LogP contribution in [0.2, 0.25) is 0 Å². The van der Waals surface area contributed by atoms with Crippen LogP contribution in [0.25, 0.3) is 32.3 Å². The average Bonchev–Trinajstić information content (AvgIpc) is 3.30. The molecular weight excluding hydrogens is 612 g/mol. The highest BCUT2D eigenvalue weighted by molar-refractivity contribution is 9.11. The van der Waals surface area contributed by atoms with Crippen LogP contribution in [0.1, 0.15) is 79.1 Å². The first-order valence-electron chi connectivity index (χ1n) is 13.9. The Kier molecular flexibility index (Phi) is 9.13. The molecule has 0 saturated heterocycles. The molecular formula is C30H36Br2N2O4. The van der Waals surface area contributed by atoms with Crippen LogP contribution in [-0.4, -0.2) is 9.13 Å². The van der Waals surface area contributed by atoms with Gasteiger partial charge >= 0.3 is 0 Å². The summed E-state index contributed by atoms with van der Waals surface area (Å²) >= 11 is 7.05. The number of aromatic nitrogens is 2. The molecule has 0 aliphatic carbocycles. The van der Waals surface area contributed by atoms with E-state index >= 15 is 0 Å². The Balaban J connectivity index is 1.98. The van der Waals surface area contributed by atoms with Crippen molar-refractivity contribution in [2.24, 2.45) is 11.8 Å². The van der Waals surface area contributed by atoms with Crippen molar-refractivity contribution >= 4 is 64.2 Å². The fourth-order valence-corrected chi connectivity index (χ4v) is 6.94. The van der Waals surface area contributed by atoms with Crippen molar-refractivity contribution in [2.75, 3.05) is 0 Å². The molecule has 0 radical (unpaired) electrons. The maximum Gasteiger partial charge on any atom is 0.262 e. The molecule has 4 rings (SSSR count). The SMILES string of the molecule is CCCCC(CC)Cn1c(=O)c2c(Br)cc3c(cc(Br)c4c(=O)n(CC(CC)CCCC)c(=O)c43)c2c1=O. The van der Waals surface area contributed by atoms with Gasteiger partial charge in [-0.2, -0.15) is 0 Å². The lowest BCUT2D eigenvalue weighted by atomic mass is 9.99. The van der Waals surface area contributed by atoms with Crippen LogP contribution in [-0.2, 0) is 13.1 Å². The number of fused-ring (bicyclic) bond motifs is 5. The molecule has 0 fully saturated rings. The highest BCUT2D eigenvalue weighted by Crippen LogP contribution is 2.35. The number of hydrogen-bond acceptors (Lipinski definition) is 4. The van der Waals surface area contributed by atoms with Crippen LogP contribution in [0, 0.1) is 11.8 Å². The first-order chi connectivity index (χ1) is 18.2. The summed E-state index contributed by atoms with van der Waals surface area (Å²) < 4.78 is 3.66. The second kappa shape index (κ2) is 12.0. The Morgan fingerprint density at radius 2 is 0.947 bits per heavy atom. The summed E-state index contributed by atoms with van der Waals surface area (Å²) in [6, 6.07) is 3.46. The van der Waals surface area contributed by atoms with Gasteiger partial charge < -0.3 is 0 Å². The normalized spacial score (nSPS) is 13.7. The number of nitrogens with zero attached hydrogens (tertiary/aromatic N) is 2. The summed E-state index contributed by atoms with van der Waals surface area (Å²) in [5.41, 5.74) is -1.29. The molecule has 0 saturated carbocycles. The zero-order chi connectivity index (χ0) is 27.7. The van der Waals surface area contributed by atoms with Gasteiger partial charge in [-0.3, -0.25) is 28.3 Å². The first kappa shape index (κ1) is 28.9. The quantitative estimate of drug-likeness (QED) is 0.166. The molecule has 2 aromatic heterocycles. The molecule has 0 amide bonds. The van der Waals surface area contributed by atoms with E-state index < -0.39 is 0 Å².